The normalized spacial score (nSPS) is 15.7. The number of rotatable bonds is 0. The minimum Gasteiger partial charge on any atom is -0.482 e. The summed E-state index contributed by atoms with van der Waals surface area (Å²) in [6.07, 6.45) is 0. The monoisotopic (exact) mass is 372 g/mol. The lowest BCUT2D eigenvalue weighted by atomic mass is 9.80. The largest absolute Gasteiger partial charge is 0.482 e. The molecule has 0 radical (unpaired) electrons. The zero-order chi connectivity index (χ0) is 20.5. The van der Waals surface area contributed by atoms with Gasteiger partial charge in [-0.2, -0.15) is 0 Å². The van der Waals surface area contributed by atoms with Crippen LogP contribution in [0.2, 0.25) is 0 Å². The van der Waals surface area contributed by atoms with E-state index in [0.29, 0.717) is 0 Å². The first-order chi connectivity index (χ1) is 12.9. The first-order valence-electron chi connectivity index (χ1n) is 10.3. The Morgan fingerprint density at radius 1 is 0.643 bits per heavy atom. The highest BCUT2D eigenvalue weighted by Crippen LogP contribution is 2.47. The fraction of sp³-hybridized carbons (Fsp3) is 0.407. The van der Waals surface area contributed by atoms with E-state index in [4.69, 9.17) is 4.74 Å². The summed E-state index contributed by atoms with van der Waals surface area (Å²) in [5.74, 6) is 0.996. The lowest BCUT2D eigenvalue weighted by molar-refractivity contribution is 0.105. The molecule has 0 fully saturated rings. The van der Waals surface area contributed by atoms with Gasteiger partial charge in [-0.3, -0.25) is 0 Å². The van der Waals surface area contributed by atoms with E-state index < -0.39 is 0 Å². The molecule has 0 N–H and O–H groups in total. The van der Waals surface area contributed by atoms with Crippen LogP contribution in [0.5, 0.6) is 5.75 Å². The van der Waals surface area contributed by atoms with Gasteiger partial charge in [0.05, 0.1) is 0 Å². The van der Waals surface area contributed by atoms with Gasteiger partial charge in [0.25, 0.3) is 0 Å². The number of hydrogen-bond donors (Lipinski definition) is 0. The molecule has 4 rings (SSSR count). The van der Waals surface area contributed by atoms with E-state index in [2.05, 4.69) is 104 Å². The average molecular weight is 373 g/mol. The van der Waals surface area contributed by atoms with Crippen molar-refractivity contribution in [1.29, 1.82) is 0 Å². The zero-order valence-corrected chi connectivity index (χ0v) is 18.5. The fourth-order valence-corrected chi connectivity index (χ4v) is 4.11. The van der Waals surface area contributed by atoms with E-state index >= 15 is 0 Å². The standard InChI is InChI=1S/C27H32O/c1-25(2,3)19-10-9-17-14-22-21-12-11-20(26(4,5)6)16-24(21)28-27(7,8)23(22)15-18(17)13-19/h9-16H,1-8H3. The predicted molar refractivity (Wildman–Crippen MR) is 120 cm³/mol. The molecule has 28 heavy (non-hydrogen) atoms. The smallest absolute Gasteiger partial charge is 0.129 e. The van der Waals surface area contributed by atoms with Gasteiger partial charge in [-0.15, -0.1) is 0 Å². The molecular formula is C27H32O. The van der Waals surface area contributed by atoms with Crippen LogP contribution in [-0.4, -0.2) is 0 Å². The quantitative estimate of drug-likeness (QED) is 0.392. The van der Waals surface area contributed by atoms with Crippen LogP contribution >= 0.6 is 0 Å². The summed E-state index contributed by atoms with van der Waals surface area (Å²) in [4.78, 5) is 0. The third-order valence-corrected chi connectivity index (χ3v) is 5.99. The van der Waals surface area contributed by atoms with Gasteiger partial charge in [-0.1, -0.05) is 71.9 Å². The summed E-state index contributed by atoms with van der Waals surface area (Å²) in [5, 5.41) is 2.58. The van der Waals surface area contributed by atoms with Crippen molar-refractivity contribution in [1.82, 2.24) is 0 Å². The third-order valence-electron chi connectivity index (χ3n) is 5.99. The summed E-state index contributed by atoms with van der Waals surface area (Å²) in [6.45, 7) is 17.9. The van der Waals surface area contributed by atoms with Gasteiger partial charge < -0.3 is 4.74 Å². The third kappa shape index (κ3) is 3.11. The number of benzene rings is 3. The summed E-state index contributed by atoms with van der Waals surface area (Å²) >= 11 is 0. The lowest BCUT2D eigenvalue weighted by Gasteiger charge is -2.36. The minimum atomic E-state index is -0.356. The van der Waals surface area contributed by atoms with Crippen molar-refractivity contribution in [3.05, 3.63) is 65.2 Å². The maximum absolute atomic E-state index is 6.53. The van der Waals surface area contributed by atoms with E-state index in [1.807, 2.05) is 0 Å². The Balaban J connectivity index is 1.95. The van der Waals surface area contributed by atoms with Gasteiger partial charge >= 0.3 is 0 Å². The van der Waals surface area contributed by atoms with Crippen LogP contribution in [0.4, 0.5) is 0 Å². The first-order valence-corrected chi connectivity index (χ1v) is 10.3. The Bertz CT molecular complexity index is 1070. The van der Waals surface area contributed by atoms with Crippen molar-refractivity contribution < 1.29 is 4.74 Å². The molecule has 0 aliphatic carbocycles. The second kappa shape index (κ2) is 5.86. The Kier molecular flexibility index (Phi) is 3.99. The number of ether oxygens (including phenoxy) is 1. The Morgan fingerprint density at radius 3 is 1.89 bits per heavy atom. The maximum Gasteiger partial charge on any atom is 0.129 e. The van der Waals surface area contributed by atoms with Crippen LogP contribution < -0.4 is 4.74 Å². The van der Waals surface area contributed by atoms with Crippen LogP contribution in [0, 0.1) is 0 Å². The first kappa shape index (κ1) is 19.1. The molecule has 1 nitrogen and oxygen atoms in total. The van der Waals surface area contributed by atoms with Gasteiger partial charge in [-0.05, 0) is 70.3 Å². The molecule has 3 aromatic carbocycles. The maximum atomic E-state index is 6.53. The fourth-order valence-electron chi connectivity index (χ4n) is 4.11. The van der Waals surface area contributed by atoms with Crippen molar-refractivity contribution in [2.45, 2.75) is 71.8 Å². The molecule has 1 aliphatic heterocycles. The molecule has 1 aliphatic rings. The molecule has 3 aromatic rings. The Labute approximate surface area is 169 Å². The van der Waals surface area contributed by atoms with Gasteiger partial charge in [-0.25, -0.2) is 0 Å². The van der Waals surface area contributed by atoms with E-state index in [0.717, 1.165) is 5.75 Å². The average Bonchev–Trinajstić information content (AvgIpc) is 2.57. The molecule has 1 heterocycles. The predicted octanol–water partition coefficient (Wildman–Crippen LogP) is 7.73. The van der Waals surface area contributed by atoms with Crippen molar-refractivity contribution in [3.8, 4) is 16.9 Å². The van der Waals surface area contributed by atoms with Crippen LogP contribution in [0.15, 0.2) is 48.5 Å². The summed E-state index contributed by atoms with van der Waals surface area (Å²) in [6, 6.07) is 18.3. The highest BCUT2D eigenvalue weighted by atomic mass is 16.5. The molecule has 0 unspecified atom stereocenters. The minimum absolute atomic E-state index is 0.107. The number of fused-ring (bicyclic) bond motifs is 4. The van der Waals surface area contributed by atoms with Crippen LogP contribution in [0.25, 0.3) is 21.9 Å². The molecule has 0 aromatic heterocycles. The molecule has 0 saturated carbocycles. The number of hydrogen-bond acceptors (Lipinski definition) is 1. The molecule has 0 atom stereocenters. The van der Waals surface area contributed by atoms with Gasteiger partial charge in [0.1, 0.15) is 11.4 Å². The van der Waals surface area contributed by atoms with Crippen LogP contribution in [0.1, 0.15) is 72.1 Å². The van der Waals surface area contributed by atoms with Crippen molar-refractivity contribution in [3.63, 3.8) is 0 Å². The van der Waals surface area contributed by atoms with Crippen LogP contribution in [-0.2, 0) is 16.4 Å². The second-order valence-corrected chi connectivity index (χ2v) is 10.8. The van der Waals surface area contributed by atoms with E-state index in [-0.39, 0.29) is 16.4 Å². The van der Waals surface area contributed by atoms with E-state index in [1.165, 1.54) is 38.6 Å². The van der Waals surface area contributed by atoms with Gasteiger partial charge in [0, 0.05) is 11.1 Å². The van der Waals surface area contributed by atoms with Crippen LogP contribution in [0.3, 0.4) is 0 Å². The molecule has 0 amide bonds. The molecule has 0 saturated heterocycles. The summed E-state index contributed by atoms with van der Waals surface area (Å²) < 4.78 is 6.53. The van der Waals surface area contributed by atoms with Crippen molar-refractivity contribution in [2.75, 3.05) is 0 Å². The molecule has 0 spiro atoms. The van der Waals surface area contributed by atoms with Crippen molar-refractivity contribution in [2.24, 2.45) is 0 Å². The van der Waals surface area contributed by atoms with Crippen molar-refractivity contribution >= 4 is 10.8 Å². The molecule has 0 bridgehead atoms. The topological polar surface area (TPSA) is 9.23 Å². The second-order valence-electron chi connectivity index (χ2n) is 10.8. The van der Waals surface area contributed by atoms with E-state index in [1.54, 1.807) is 0 Å². The Morgan fingerprint density at radius 2 is 1.25 bits per heavy atom. The highest BCUT2D eigenvalue weighted by molar-refractivity contribution is 5.92. The van der Waals surface area contributed by atoms with Gasteiger partial charge in [0.2, 0.25) is 0 Å². The van der Waals surface area contributed by atoms with Gasteiger partial charge in [0.15, 0.2) is 0 Å². The molecule has 1 heteroatoms. The summed E-state index contributed by atoms with van der Waals surface area (Å²) in [5.41, 5.74) is 6.33. The SMILES string of the molecule is CC(C)(C)c1ccc2c(c1)OC(C)(C)c1cc3cc(C(C)(C)C)ccc3cc1-2. The summed E-state index contributed by atoms with van der Waals surface area (Å²) in [7, 11) is 0. The molecular weight excluding hydrogens is 340 g/mol. The molecule has 146 valence electrons. The van der Waals surface area contributed by atoms with E-state index in [9.17, 15) is 0 Å². The lowest BCUT2D eigenvalue weighted by Crippen LogP contribution is -2.29. The highest BCUT2D eigenvalue weighted by Gasteiger charge is 2.33. The zero-order valence-electron chi connectivity index (χ0n) is 18.5. The Hall–Kier alpha value is -2.28.